The monoisotopic (exact) mass is 420 g/mol. The van der Waals surface area contributed by atoms with Gasteiger partial charge in [-0.25, -0.2) is 0 Å². The Kier molecular flexibility index (Phi) is 5.66. The maximum atomic E-state index is 12.3. The molecule has 0 amide bonds. The van der Waals surface area contributed by atoms with Crippen LogP contribution in [0.1, 0.15) is 18.9 Å². The van der Waals surface area contributed by atoms with E-state index in [-0.39, 0.29) is 29.0 Å². The Bertz CT molecular complexity index is 874. The predicted octanol–water partition coefficient (Wildman–Crippen LogP) is 3.67. The average molecular weight is 421 g/mol. The van der Waals surface area contributed by atoms with Gasteiger partial charge < -0.3 is 24.9 Å². The molecule has 0 fully saturated rings. The molecule has 0 bridgehead atoms. The lowest BCUT2D eigenvalue weighted by atomic mass is 10.1. The fraction of sp³-hybridized carbons (Fsp3) is 0.438. The lowest BCUT2D eigenvalue weighted by Gasteiger charge is -2.31. The summed E-state index contributed by atoms with van der Waals surface area (Å²) in [6.45, 7) is 2.62. The highest BCUT2D eigenvalue weighted by Crippen LogP contribution is 2.31. The molecule has 0 saturated carbocycles. The molecule has 2 unspecified atom stereocenters. The predicted molar refractivity (Wildman–Crippen MR) is 92.4 cm³/mol. The van der Waals surface area contributed by atoms with E-state index in [1.165, 1.54) is 18.3 Å². The molecule has 1 N–H and O–H groups in total. The second kappa shape index (κ2) is 7.84. The first kappa shape index (κ1) is 20.2. The first-order chi connectivity index (χ1) is 13.2. The topological polar surface area (TPSA) is 91.5 Å². The Labute approximate surface area is 162 Å². The SMILES string of the molecule is CCC1Oc2nc([N+](=O)[O-])cn2CC1NCc1ccc(OC(F)(F)F)c(Cl)c1. The molecule has 2 aromatic rings. The normalized spacial score (nSPS) is 19.0. The lowest BCUT2D eigenvalue weighted by Crippen LogP contribution is -2.48. The molecule has 28 heavy (non-hydrogen) atoms. The van der Waals surface area contributed by atoms with Crippen LogP contribution in [0.15, 0.2) is 24.4 Å². The number of nitrogens with one attached hydrogen (secondary N) is 1. The number of ether oxygens (including phenoxy) is 2. The largest absolute Gasteiger partial charge is 0.573 e. The average Bonchev–Trinajstić information content (AvgIpc) is 3.03. The van der Waals surface area contributed by atoms with E-state index in [9.17, 15) is 23.3 Å². The van der Waals surface area contributed by atoms with E-state index in [2.05, 4.69) is 15.0 Å². The molecule has 1 aliphatic rings. The summed E-state index contributed by atoms with van der Waals surface area (Å²) < 4.78 is 48.0. The molecule has 1 aromatic heterocycles. The highest BCUT2D eigenvalue weighted by molar-refractivity contribution is 6.32. The second-order valence-electron chi connectivity index (χ2n) is 6.16. The van der Waals surface area contributed by atoms with Gasteiger partial charge in [0.05, 0.1) is 11.1 Å². The fourth-order valence-electron chi connectivity index (χ4n) is 2.92. The van der Waals surface area contributed by atoms with Crippen molar-refractivity contribution in [2.24, 2.45) is 0 Å². The van der Waals surface area contributed by atoms with Gasteiger partial charge in [-0.3, -0.25) is 4.57 Å². The molecule has 0 saturated heterocycles. The number of hydrogen-bond donors (Lipinski definition) is 1. The Morgan fingerprint density at radius 1 is 1.50 bits per heavy atom. The molecular weight excluding hydrogens is 405 g/mol. The molecule has 1 aliphatic heterocycles. The number of benzene rings is 1. The summed E-state index contributed by atoms with van der Waals surface area (Å²) in [6.07, 6.45) is -3.15. The molecule has 12 heteroatoms. The smallest absolute Gasteiger partial charge is 0.441 e. The van der Waals surface area contributed by atoms with Crippen LogP contribution in [0, 0.1) is 10.1 Å². The summed E-state index contributed by atoms with van der Waals surface area (Å²) in [6, 6.07) is 4.01. The molecule has 0 radical (unpaired) electrons. The van der Waals surface area contributed by atoms with Crippen molar-refractivity contribution in [3.8, 4) is 11.8 Å². The summed E-state index contributed by atoms with van der Waals surface area (Å²) in [7, 11) is 0. The third-order valence-corrected chi connectivity index (χ3v) is 4.50. The minimum atomic E-state index is -4.82. The zero-order valence-electron chi connectivity index (χ0n) is 14.6. The molecule has 2 heterocycles. The summed E-state index contributed by atoms with van der Waals surface area (Å²) >= 11 is 5.86. The van der Waals surface area contributed by atoms with Crippen molar-refractivity contribution >= 4 is 17.4 Å². The van der Waals surface area contributed by atoms with E-state index in [1.54, 1.807) is 4.57 Å². The Balaban J connectivity index is 1.67. The number of imidazole rings is 1. The van der Waals surface area contributed by atoms with Gasteiger partial charge in [-0.05, 0) is 29.0 Å². The Morgan fingerprint density at radius 2 is 2.25 bits per heavy atom. The number of alkyl halides is 3. The number of nitrogens with zero attached hydrogens (tertiary/aromatic N) is 3. The summed E-state index contributed by atoms with van der Waals surface area (Å²) in [5, 5.41) is 14.0. The van der Waals surface area contributed by atoms with Crippen molar-refractivity contribution in [3.63, 3.8) is 0 Å². The van der Waals surface area contributed by atoms with Crippen LogP contribution >= 0.6 is 11.6 Å². The number of fused-ring (bicyclic) bond motifs is 1. The van der Waals surface area contributed by atoms with Gasteiger partial charge in [0.25, 0.3) is 0 Å². The fourth-order valence-corrected chi connectivity index (χ4v) is 3.16. The van der Waals surface area contributed by atoms with E-state index in [0.29, 0.717) is 25.1 Å². The van der Waals surface area contributed by atoms with Gasteiger partial charge in [-0.2, -0.15) is 0 Å². The molecule has 0 aliphatic carbocycles. The number of halogens is 4. The van der Waals surface area contributed by atoms with Gasteiger partial charge in [0.1, 0.15) is 18.1 Å². The van der Waals surface area contributed by atoms with E-state index < -0.39 is 17.0 Å². The third kappa shape index (κ3) is 4.65. The summed E-state index contributed by atoms with van der Waals surface area (Å²) in [5.41, 5.74) is 0.650. The van der Waals surface area contributed by atoms with Gasteiger partial charge in [-0.1, -0.05) is 24.6 Å². The molecule has 152 valence electrons. The first-order valence-electron chi connectivity index (χ1n) is 8.32. The first-order valence-corrected chi connectivity index (χ1v) is 8.70. The maximum Gasteiger partial charge on any atom is 0.573 e. The molecule has 8 nitrogen and oxygen atoms in total. The summed E-state index contributed by atoms with van der Waals surface area (Å²) in [5.74, 6) is -0.766. The molecule has 3 rings (SSSR count). The lowest BCUT2D eigenvalue weighted by molar-refractivity contribution is -0.389. The number of rotatable bonds is 6. The van der Waals surface area contributed by atoms with Crippen molar-refractivity contribution in [2.45, 2.75) is 44.9 Å². The minimum Gasteiger partial charge on any atom is -0.441 e. The minimum absolute atomic E-state index is 0.156. The van der Waals surface area contributed by atoms with Gasteiger partial charge in [0, 0.05) is 18.1 Å². The standard InChI is InChI=1S/C16H16ClF3N4O4/c1-2-12-11(7-23-8-14(24(25)26)22-15(23)27-12)21-6-9-3-4-13(10(17)5-9)28-16(18,19)20/h3-5,8,11-12,21H,2,6-7H2,1H3. The zero-order chi connectivity index (χ0) is 20.5. The third-order valence-electron chi connectivity index (χ3n) is 4.21. The summed E-state index contributed by atoms with van der Waals surface area (Å²) in [4.78, 5) is 14.1. The number of aromatic nitrogens is 2. The van der Waals surface area contributed by atoms with Gasteiger partial charge in [0.15, 0.2) is 0 Å². The van der Waals surface area contributed by atoms with Crippen molar-refractivity contribution in [3.05, 3.63) is 45.1 Å². The van der Waals surface area contributed by atoms with Crippen LogP contribution in [0.2, 0.25) is 5.02 Å². The molecule has 0 spiro atoms. The Morgan fingerprint density at radius 3 is 2.86 bits per heavy atom. The Hall–Kier alpha value is -2.53. The van der Waals surface area contributed by atoms with Crippen LogP contribution < -0.4 is 14.8 Å². The highest BCUT2D eigenvalue weighted by Gasteiger charge is 2.34. The van der Waals surface area contributed by atoms with E-state index in [1.807, 2.05) is 6.92 Å². The zero-order valence-corrected chi connectivity index (χ0v) is 15.3. The van der Waals surface area contributed by atoms with E-state index in [0.717, 1.165) is 6.07 Å². The molecular formula is C16H16ClF3N4O4. The van der Waals surface area contributed by atoms with Crippen LogP contribution in [0.5, 0.6) is 11.8 Å². The molecule has 2 atom stereocenters. The molecule has 1 aromatic carbocycles. The van der Waals surface area contributed by atoms with Crippen LogP contribution in [-0.2, 0) is 13.1 Å². The number of nitro groups is 1. The van der Waals surface area contributed by atoms with E-state index in [4.69, 9.17) is 16.3 Å². The van der Waals surface area contributed by atoms with Crippen LogP contribution in [0.25, 0.3) is 0 Å². The van der Waals surface area contributed by atoms with Crippen molar-refractivity contribution < 1.29 is 27.6 Å². The van der Waals surface area contributed by atoms with Gasteiger partial charge in [0.2, 0.25) is 0 Å². The van der Waals surface area contributed by atoms with Crippen molar-refractivity contribution in [1.82, 2.24) is 14.9 Å². The van der Waals surface area contributed by atoms with Crippen molar-refractivity contribution in [1.29, 1.82) is 0 Å². The van der Waals surface area contributed by atoms with E-state index >= 15 is 0 Å². The van der Waals surface area contributed by atoms with Crippen molar-refractivity contribution in [2.75, 3.05) is 0 Å². The second-order valence-corrected chi connectivity index (χ2v) is 6.56. The number of hydrogen-bond acceptors (Lipinski definition) is 6. The van der Waals surface area contributed by atoms with Gasteiger partial charge in [-0.15, -0.1) is 13.2 Å². The van der Waals surface area contributed by atoms with Gasteiger partial charge >= 0.3 is 18.2 Å². The van der Waals surface area contributed by atoms with Crippen LogP contribution in [-0.4, -0.2) is 33.0 Å². The highest BCUT2D eigenvalue weighted by atomic mass is 35.5. The van der Waals surface area contributed by atoms with Crippen LogP contribution in [0.4, 0.5) is 19.0 Å². The van der Waals surface area contributed by atoms with Crippen LogP contribution in [0.3, 0.4) is 0 Å². The quantitative estimate of drug-likeness (QED) is 0.566. The maximum absolute atomic E-state index is 12.3.